The molecule has 2 rings (SSSR count). The summed E-state index contributed by atoms with van der Waals surface area (Å²) in [5, 5.41) is 11.0. The summed E-state index contributed by atoms with van der Waals surface area (Å²) in [6.07, 6.45) is 2.48. The van der Waals surface area contributed by atoms with Crippen molar-refractivity contribution >= 4 is 6.08 Å². The molecule has 0 aliphatic heterocycles. The Balaban J connectivity index is 2.57. The molecule has 0 amide bonds. The molecule has 2 nitrogen and oxygen atoms in total. The van der Waals surface area contributed by atoms with Crippen LogP contribution in [0.3, 0.4) is 0 Å². The van der Waals surface area contributed by atoms with Gasteiger partial charge in [-0.25, -0.2) is 0 Å². The first-order valence-corrected chi connectivity index (χ1v) is 10.2. The molecule has 0 heterocycles. The van der Waals surface area contributed by atoms with Gasteiger partial charge in [-0.15, -0.1) is 5.73 Å². The van der Waals surface area contributed by atoms with Gasteiger partial charge in [-0.2, -0.15) is 13.2 Å². The van der Waals surface area contributed by atoms with Crippen LogP contribution in [0.1, 0.15) is 54.5 Å². The molecule has 31 heavy (non-hydrogen) atoms. The minimum atomic E-state index is -4.94. The van der Waals surface area contributed by atoms with Gasteiger partial charge in [-0.1, -0.05) is 48.4 Å². The van der Waals surface area contributed by atoms with Crippen LogP contribution in [0.25, 0.3) is 6.08 Å². The van der Waals surface area contributed by atoms with E-state index in [0.717, 1.165) is 18.4 Å². The first kappa shape index (κ1) is 24.5. The lowest BCUT2D eigenvalue weighted by Gasteiger charge is -2.33. The van der Waals surface area contributed by atoms with Crippen LogP contribution in [-0.2, 0) is 5.60 Å². The van der Waals surface area contributed by atoms with Crippen LogP contribution in [0.4, 0.5) is 13.2 Å². The van der Waals surface area contributed by atoms with E-state index in [1.54, 1.807) is 32.1 Å². The molecule has 0 radical (unpaired) electrons. The van der Waals surface area contributed by atoms with Gasteiger partial charge >= 0.3 is 6.18 Å². The van der Waals surface area contributed by atoms with Crippen LogP contribution in [0.2, 0.25) is 0 Å². The SMILES string of the molecule is CC/C=C(\C)CC=C=Cc1cc(OC)c(C(O)(c2ccc(C)cc2)C(F)(F)F)cc1C. The number of aliphatic hydroxyl groups is 1. The lowest BCUT2D eigenvalue weighted by Crippen LogP contribution is -2.43. The summed E-state index contributed by atoms with van der Waals surface area (Å²) in [7, 11) is 1.29. The van der Waals surface area contributed by atoms with Gasteiger partial charge < -0.3 is 9.84 Å². The smallest absolute Gasteiger partial charge is 0.425 e. The average molecular weight is 431 g/mol. The zero-order valence-corrected chi connectivity index (χ0v) is 18.6. The van der Waals surface area contributed by atoms with Crippen molar-refractivity contribution in [3.63, 3.8) is 0 Å². The van der Waals surface area contributed by atoms with Crippen molar-refractivity contribution in [1.29, 1.82) is 0 Å². The number of allylic oxidation sites excluding steroid dienone is 3. The van der Waals surface area contributed by atoms with E-state index in [1.165, 1.54) is 36.9 Å². The average Bonchev–Trinajstić information content (AvgIpc) is 2.71. The number of rotatable bonds is 7. The van der Waals surface area contributed by atoms with E-state index in [9.17, 15) is 18.3 Å². The molecule has 0 spiro atoms. The minimum Gasteiger partial charge on any atom is -0.496 e. The van der Waals surface area contributed by atoms with Crippen molar-refractivity contribution in [2.45, 2.75) is 52.3 Å². The fourth-order valence-electron chi connectivity index (χ4n) is 3.38. The standard InChI is InChI=1S/C26H29F3O2/c1-6-9-18(2)10-7-8-11-21-17-24(31-5)23(16-20(21)4)25(30,26(27,28)29)22-14-12-19(3)13-15-22/h7,9,11-17,30H,6,10H2,1-5H3/b18-9+. The highest BCUT2D eigenvalue weighted by Gasteiger charge is 2.57. The third kappa shape index (κ3) is 5.49. The molecule has 0 saturated heterocycles. The summed E-state index contributed by atoms with van der Waals surface area (Å²) in [4.78, 5) is 0. The summed E-state index contributed by atoms with van der Waals surface area (Å²) in [6, 6.07) is 8.51. The van der Waals surface area contributed by atoms with Crippen molar-refractivity contribution in [2.75, 3.05) is 7.11 Å². The first-order chi connectivity index (χ1) is 14.5. The fraction of sp³-hybridized carbons (Fsp3) is 0.346. The number of alkyl halides is 3. The molecular weight excluding hydrogens is 401 g/mol. The quantitative estimate of drug-likeness (QED) is 0.378. The molecular formula is C26H29F3O2. The van der Waals surface area contributed by atoms with Crippen LogP contribution < -0.4 is 4.74 Å². The Morgan fingerprint density at radius 2 is 1.77 bits per heavy atom. The topological polar surface area (TPSA) is 29.5 Å². The van der Waals surface area contributed by atoms with E-state index < -0.39 is 11.8 Å². The summed E-state index contributed by atoms with van der Waals surface area (Å²) >= 11 is 0. The summed E-state index contributed by atoms with van der Waals surface area (Å²) in [6.45, 7) is 7.58. The molecule has 2 aromatic rings. The minimum absolute atomic E-state index is 0.0406. The molecule has 0 aliphatic rings. The molecule has 1 atom stereocenters. The normalized spacial score (nSPS) is 13.9. The van der Waals surface area contributed by atoms with Crippen molar-refractivity contribution in [3.8, 4) is 5.75 Å². The highest BCUT2D eigenvalue weighted by atomic mass is 19.4. The number of methoxy groups -OCH3 is 1. The van der Waals surface area contributed by atoms with Crippen LogP contribution in [-0.4, -0.2) is 18.4 Å². The van der Waals surface area contributed by atoms with Gasteiger partial charge in [0.15, 0.2) is 0 Å². The highest BCUT2D eigenvalue weighted by Crippen LogP contribution is 2.48. The molecule has 1 N–H and O–H groups in total. The van der Waals surface area contributed by atoms with E-state index in [2.05, 4.69) is 18.7 Å². The largest absolute Gasteiger partial charge is 0.496 e. The molecule has 0 aromatic heterocycles. The van der Waals surface area contributed by atoms with Crippen LogP contribution in [0.5, 0.6) is 5.75 Å². The zero-order chi connectivity index (χ0) is 23.2. The van der Waals surface area contributed by atoms with Gasteiger partial charge in [0, 0.05) is 5.56 Å². The van der Waals surface area contributed by atoms with Crippen LogP contribution in [0, 0.1) is 13.8 Å². The summed E-state index contributed by atoms with van der Waals surface area (Å²) in [5.41, 5.74) is 2.55. The Morgan fingerprint density at radius 3 is 2.32 bits per heavy atom. The molecule has 5 heteroatoms. The van der Waals surface area contributed by atoms with Crippen molar-refractivity contribution in [1.82, 2.24) is 0 Å². The van der Waals surface area contributed by atoms with Crippen molar-refractivity contribution in [2.24, 2.45) is 0 Å². The number of halogens is 3. The Bertz CT molecular complexity index is 995. The maximum Gasteiger partial charge on any atom is 0.425 e. The lowest BCUT2D eigenvalue weighted by atomic mass is 9.83. The van der Waals surface area contributed by atoms with Gasteiger partial charge in [0.1, 0.15) is 5.75 Å². The molecule has 166 valence electrons. The van der Waals surface area contributed by atoms with Gasteiger partial charge in [-0.05, 0) is 74.6 Å². The third-order valence-electron chi connectivity index (χ3n) is 5.19. The lowest BCUT2D eigenvalue weighted by molar-refractivity contribution is -0.248. The predicted molar refractivity (Wildman–Crippen MR) is 119 cm³/mol. The number of hydrogen-bond acceptors (Lipinski definition) is 2. The molecule has 0 bridgehead atoms. The van der Waals surface area contributed by atoms with E-state index >= 15 is 0 Å². The Hall–Kier alpha value is -2.75. The monoisotopic (exact) mass is 430 g/mol. The second-order valence-corrected chi connectivity index (χ2v) is 7.66. The van der Waals surface area contributed by atoms with Gasteiger partial charge in [0.25, 0.3) is 0 Å². The molecule has 0 fully saturated rings. The maximum absolute atomic E-state index is 14.2. The van der Waals surface area contributed by atoms with Gasteiger partial charge in [-0.3, -0.25) is 0 Å². The second kappa shape index (κ2) is 10.0. The molecule has 2 aromatic carbocycles. The molecule has 0 aliphatic carbocycles. The predicted octanol–water partition coefficient (Wildman–Crippen LogP) is 7.02. The summed E-state index contributed by atoms with van der Waals surface area (Å²) < 4.78 is 47.8. The fourth-order valence-corrected chi connectivity index (χ4v) is 3.38. The van der Waals surface area contributed by atoms with E-state index in [4.69, 9.17) is 4.74 Å². The number of ether oxygens (including phenoxy) is 1. The number of hydrogen-bond donors (Lipinski definition) is 1. The Kier molecular flexibility index (Phi) is 7.94. The van der Waals surface area contributed by atoms with Crippen LogP contribution >= 0.6 is 0 Å². The van der Waals surface area contributed by atoms with Gasteiger partial charge in [0.05, 0.1) is 7.11 Å². The summed E-state index contributed by atoms with van der Waals surface area (Å²) in [5.74, 6) is -0.0406. The Morgan fingerprint density at radius 1 is 1.13 bits per heavy atom. The molecule has 0 saturated carbocycles. The van der Waals surface area contributed by atoms with Crippen molar-refractivity contribution in [3.05, 3.63) is 87.7 Å². The zero-order valence-electron chi connectivity index (χ0n) is 18.6. The van der Waals surface area contributed by atoms with E-state index in [0.29, 0.717) is 11.1 Å². The number of aryl methyl sites for hydroxylation is 2. The van der Waals surface area contributed by atoms with Crippen molar-refractivity contribution < 1.29 is 23.0 Å². The van der Waals surface area contributed by atoms with E-state index in [1.807, 2.05) is 13.0 Å². The molecule has 1 unspecified atom stereocenters. The van der Waals surface area contributed by atoms with Gasteiger partial charge in [0.2, 0.25) is 5.60 Å². The van der Waals surface area contributed by atoms with E-state index in [-0.39, 0.29) is 16.9 Å². The Labute approximate surface area is 182 Å². The third-order valence-corrected chi connectivity index (χ3v) is 5.19. The second-order valence-electron chi connectivity index (χ2n) is 7.66. The first-order valence-electron chi connectivity index (χ1n) is 10.2. The van der Waals surface area contributed by atoms with Crippen LogP contribution in [0.15, 0.2) is 59.9 Å². The highest BCUT2D eigenvalue weighted by molar-refractivity contribution is 5.60. The number of benzene rings is 2. The maximum atomic E-state index is 14.2.